The summed E-state index contributed by atoms with van der Waals surface area (Å²) in [7, 11) is 0. The van der Waals surface area contributed by atoms with Crippen LogP contribution in [0.1, 0.15) is 18.4 Å². The van der Waals surface area contributed by atoms with Gasteiger partial charge >= 0.3 is 0 Å². The van der Waals surface area contributed by atoms with Gasteiger partial charge < -0.3 is 15.2 Å². The van der Waals surface area contributed by atoms with Crippen molar-refractivity contribution in [2.75, 3.05) is 43.9 Å². The van der Waals surface area contributed by atoms with E-state index in [-0.39, 0.29) is 11.7 Å². The SMILES string of the molecule is CC(Cn1ncc2c(Nc3cccc(O)c3)nc(SCCN3CCOCC3)nc21)c1ccccc1. The number of nitrogens with one attached hydrogen (secondary N) is 1. The number of fused-ring (bicyclic) bond motifs is 1. The molecule has 0 saturated carbocycles. The van der Waals surface area contributed by atoms with Crippen molar-refractivity contribution in [3.63, 3.8) is 0 Å². The third kappa shape index (κ3) is 5.93. The van der Waals surface area contributed by atoms with Gasteiger partial charge in [0.15, 0.2) is 10.8 Å². The van der Waals surface area contributed by atoms with Crippen molar-refractivity contribution in [2.45, 2.75) is 24.5 Å². The van der Waals surface area contributed by atoms with Gasteiger partial charge in [0.25, 0.3) is 0 Å². The van der Waals surface area contributed by atoms with Gasteiger partial charge in [0.05, 0.1) is 24.8 Å². The minimum atomic E-state index is 0.202. The summed E-state index contributed by atoms with van der Waals surface area (Å²) in [5.41, 5.74) is 2.84. The predicted molar refractivity (Wildman–Crippen MR) is 140 cm³/mol. The molecule has 3 heterocycles. The topological polar surface area (TPSA) is 88.3 Å². The second kappa shape index (κ2) is 11.1. The number of phenols is 1. The molecule has 182 valence electrons. The van der Waals surface area contributed by atoms with Crippen LogP contribution < -0.4 is 5.32 Å². The van der Waals surface area contributed by atoms with E-state index in [1.807, 2.05) is 23.0 Å². The van der Waals surface area contributed by atoms with E-state index in [9.17, 15) is 5.11 Å². The van der Waals surface area contributed by atoms with Crippen molar-refractivity contribution in [3.8, 4) is 5.75 Å². The molecular formula is C26H30N6O2S. The summed E-state index contributed by atoms with van der Waals surface area (Å²) in [5.74, 6) is 2.07. The van der Waals surface area contributed by atoms with Crippen LogP contribution in [0, 0.1) is 0 Å². The Balaban J connectivity index is 1.41. The van der Waals surface area contributed by atoms with E-state index in [4.69, 9.17) is 14.7 Å². The van der Waals surface area contributed by atoms with Crippen molar-refractivity contribution in [1.82, 2.24) is 24.6 Å². The molecule has 0 bridgehead atoms. The van der Waals surface area contributed by atoms with Gasteiger partial charge in [0, 0.05) is 49.6 Å². The molecule has 5 rings (SSSR count). The number of benzene rings is 2. The number of nitrogens with zero attached hydrogens (tertiary/aromatic N) is 5. The third-order valence-electron chi connectivity index (χ3n) is 6.14. The van der Waals surface area contributed by atoms with Gasteiger partial charge in [-0.05, 0) is 17.7 Å². The number of hydrogen-bond donors (Lipinski definition) is 2. The quantitative estimate of drug-likeness (QED) is 0.262. The molecule has 0 radical (unpaired) electrons. The fourth-order valence-corrected chi connectivity index (χ4v) is 5.03. The maximum Gasteiger partial charge on any atom is 0.191 e. The molecule has 4 aromatic rings. The summed E-state index contributed by atoms with van der Waals surface area (Å²) in [6.45, 7) is 7.41. The molecule has 2 N–H and O–H groups in total. The summed E-state index contributed by atoms with van der Waals surface area (Å²) >= 11 is 1.65. The standard InChI is InChI=1S/C26H30N6O2S/c1-19(20-6-3-2-4-7-20)18-32-25-23(17-27-32)24(28-21-8-5-9-22(33)16-21)29-26(30-25)35-15-12-31-10-13-34-14-11-31/h2-9,16-17,19,33H,10-15,18H2,1H3,(H,28,29,30). The van der Waals surface area contributed by atoms with Gasteiger partial charge in [0.2, 0.25) is 0 Å². The molecule has 0 spiro atoms. The molecular weight excluding hydrogens is 460 g/mol. The predicted octanol–water partition coefficient (Wildman–Crippen LogP) is 4.50. The Hall–Kier alpha value is -3.14. The number of morpholine rings is 1. The monoisotopic (exact) mass is 490 g/mol. The first-order valence-corrected chi connectivity index (χ1v) is 12.9. The average Bonchev–Trinajstić information content (AvgIpc) is 3.28. The maximum atomic E-state index is 9.90. The molecule has 35 heavy (non-hydrogen) atoms. The van der Waals surface area contributed by atoms with Crippen LogP contribution in [0.15, 0.2) is 66.0 Å². The van der Waals surface area contributed by atoms with Gasteiger partial charge in [-0.2, -0.15) is 5.10 Å². The number of rotatable bonds is 9. The first-order chi connectivity index (χ1) is 17.2. The highest BCUT2D eigenvalue weighted by molar-refractivity contribution is 7.99. The molecule has 2 aromatic carbocycles. The van der Waals surface area contributed by atoms with E-state index >= 15 is 0 Å². The molecule has 1 fully saturated rings. The zero-order chi connectivity index (χ0) is 24.0. The molecule has 1 unspecified atom stereocenters. The molecule has 0 amide bonds. The molecule has 8 nitrogen and oxygen atoms in total. The molecule has 1 aliphatic heterocycles. The minimum absolute atomic E-state index is 0.202. The Morgan fingerprint density at radius 2 is 1.91 bits per heavy atom. The Bertz CT molecular complexity index is 1260. The van der Waals surface area contributed by atoms with E-state index in [1.54, 1.807) is 30.0 Å². The molecule has 1 aliphatic rings. The molecule has 0 aliphatic carbocycles. The smallest absolute Gasteiger partial charge is 0.191 e. The number of hydrogen-bond acceptors (Lipinski definition) is 8. The van der Waals surface area contributed by atoms with E-state index in [2.05, 4.69) is 46.5 Å². The lowest BCUT2D eigenvalue weighted by molar-refractivity contribution is 0.0410. The maximum absolute atomic E-state index is 9.90. The lowest BCUT2D eigenvalue weighted by atomic mass is 10.0. The van der Waals surface area contributed by atoms with E-state index in [0.29, 0.717) is 17.5 Å². The number of aromatic nitrogens is 4. The summed E-state index contributed by atoms with van der Waals surface area (Å²) in [6.07, 6.45) is 1.82. The van der Waals surface area contributed by atoms with Crippen molar-refractivity contribution in [3.05, 3.63) is 66.4 Å². The van der Waals surface area contributed by atoms with Crippen LogP contribution in [0.3, 0.4) is 0 Å². The van der Waals surface area contributed by atoms with Crippen LogP contribution in [0.25, 0.3) is 11.0 Å². The average molecular weight is 491 g/mol. The Morgan fingerprint density at radius 1 is 1.09 bits per heavy atom. The Kier molecular flexibility index (Phi) is 7.46. The highest BCUT2D eigenvalue weighted by Crippen LogP contribution is 2.29. The summed E-state index contributed by atoms with van der Waals surface area (Å²) in [5, 5.41) is 19.5. The summed E-state index contributed by atoms with van der Waals surface area (Å²) < 4.78 is 7.42. The van der Waals surface area contributed by atoms with Crippen molar-refractivity contribution in [1.29, 1.82) is 0 Å². The fourth-order valence-electron chi connectivity index (χ4n) is 4.19. The van der Waals surface area contributed by atoms with E-state index in [1.165, 1.54) is 5.56 Å². The first kappa shape index (κ1) is 23.6. The van der Waals surface area contributed by atoms with Gasteiger partial charge in [0.1, 0.15) is 11.6 Å². The Morgan fingerprint density at radius 3 is 2.71 bits per heavy atom. The minimum Gasteiger partial charge on any atom is -0.508 e. The second-order valence-electron chi connectivity index (χ2n) is 8.71. The molecule has 9 heteroatoms. The summed E-state index contributed by atoms with van der Waals surface area (Å²) in [6, 6.07) is 17.5. The first-order valence-electron chi connectivity index (χ1n) is 11.9. The van der Waals surface area contributed by atoms with Crippen molar-refractivity contribution >= 4 is 34.3 Å². The van der Waals surface area contributed by atoms with Gasteiger partial charge in [-0.15, -0.1) is 0 Å². The van der Waals surface area contributed by atoms with Crippen LogP contribution in [0.2, 0.25) is 0 Å². The third-order valence-corrected chi connectivity index (χ3v) is 6.97. The van der Waals surface area contributed by atoms with Gasteiger partial charge in [-0.3, -0.25) is 4.90 Å². The lowest BCUT2D eigenvalue weighted by Gasteiger charge is -2.26. The number of thioether (sulfide) groups is 1. The Labute approximate surface area is 209 Å². The number of anilines is 2. The largest absolute Gasteiger partial charge is 0.508 e. The van der Waals surface area contributed by atoms with Crippen molar-refractivity contribution < 1.29 is 9.84 Å². The molecule has 1 atom stereocenters. The number of ether oxygens (including phenoxy) is 1. The highest BCUT2D eigenvalue weighted by Gasteiger charge is 2.17. The van der Waals surface area contributed by atoms with E-state index < -0.39 is 0 Å². The lowest BCUT2D eigenvalue weighted by Crippen LogP contribution is -2.37. The van der Waals surface area contributed by atoms with Crippen LogP contribution in [0.4, 0.5) is 11.5 Å². The fraction of sp³-hybridized carbons (Fsp3) is 0.346. The molecule has 1 saturated heterocycles. The normalized spacial score (nSPS) is 15.3. The summed E-state index contributed by atoms with van der Waals surface area (Å²) in [4.78, 5) is 12.1. The zero-order valence-electron chi connectivity index (χ0n) is 19.8. The van der Waals surface area contributed by atoms with Crippen molar-refractivity contribution in [2.24, 2.45) is 0 Å². The zero-order valence-corrected chi connectivity index (χ0v) is 20.6. The van der Waals surface area contributed by atoms with Crippen LogP contribution >= 0.6 is 11.8 Å². The van der Waals surface area contributed by atoms with E-state index in [0.717, 1.165) is 55.3 Å². The van der Waals surface area contributed by atoms with Gasteiger partial charge in [-0.1, -0.05) is 55.1 Å². The van der Waals surface area contributed by atoms with Crippen LogP contribution in [0.5, 0.6) is 5.75 Å². The number of aromatic hydroxyl groups is 1. The highest BCUT2D eigenvalue weighted by atomic mass is 32.2. The van der Waals surface area contributed by atoms with Gasteiger partial charge in [-0.25, -0.2) is 14.6 Å². The van der Waals surface area contributed by atoms with Crippen LogP contribution in [-0.4, -0.2) is 68.4 Å². The second-order valence-corrected chi connectivity index (χ2v) is 9.77. The van der Waals surface area contributed by atoms with Crippen LogP contribution in [-0.2, 0) is 11.3 Å². The number of phenolic OH excluding ortho intramolecular Hbond substituents is 1. The molecule has 2 aromatic heterocycles.